The summed E-state index contributed by atoms with van der Waals surface area (Å²) in [5.41, 5.74) is 0.852. The van der Waals surface area contributed by atoms with Crippen LogP contribution in [0.5, 0.6) is 0 Å². The number of rotatable bonds is 5. The van der Waals surface area contributed by atoms with E-state index in [2.05, 4.69) is 10.6 Å². The highest BCUT2D eigenvalue weighted by molar-refractivity contribution is 5.99. The lowest BCUT2D eigenvalue weighted by atomic mass is 10.0. The van der Waals surface area contributed by atoms with Gasteiger partial charge in [-0.2, -0.15) is 0 Å². The Morgan fingerprint density at radius 3 is 2.36 bits per heavy atom. The second kappa shape index (κ2) is 6.92. The molecule has 0 bridgehead atoms. The normalized spacial score (nSPS) is 16.3. The van der Waals surface area contributed by atoms with Crippen LogP contribution in [0.4, 0.5) is 11.4 Å². The number of nitrogens with one attached hydrogen (secondary N) is 2. The molecule has 0 unspecified atom stereocenters. The molecule has 1 aliphatic carbocycles. The van der Waals surface area contributed by atoms with Gasteiger partial charge in [0.25, 0.3) is 5.91 Å². The molecule has 1 aromatic rings. The zero-order valence-electron chi connectivity index (χ0n) is 13.2. The maximum Gasteiger partial charge on any atom is 0.256 e. The molecule has 0 atom stereocenters. The van der Waals surface area contributed by atoms with Gasteiger partial charge in [-0.05, 0) is 56.7 Å². The molecule has 2 rings (SSSR count). The lowest BCUT2D eigenvalue weighted by molar-refractivity contribution is -0.133. The molecule has 0 aromatic heterocycles. The number of hydrogen-bond donors (Lipinski definition) is 3. The summed E-state index contributed by atoms with van der Waals surface area (Å²) in [6, 6.07) is 5.37. The van der Waals surface area contributed by atoms with Gasteiger partial charge in [-0.1, -0.05) is 13.0 Å². The second-order valence-corrected chi connectivity index (χ2v) is 5.97. The molecular weight excluding hydrogens is 280 g/mol. The minimum atomic E-state index is -1.26. The van der Waals surface area contributed by atoms with E-state index < -0.39 is 5.60 Å². The standard InChI is InChI=1S/C17H24N2O3/c1-3-7-15(20)18-13-8-6-9-14(12(13)2)19-16(21)17(22)10-4-5-11-17/h6,8-9,22H,3-5,7,10-11H2,1-2H3,(H,18,20)(H,19,21). The Morgan fingerprint density at radius 2 is 1.77 bits per heavy atom. The Balaban J connectivity index is 2.11. The topological polar surface area (TPSA) is 78.4 Å². The third kappa shape index (κ3) is 3.65. The summed E-state index contributed by atoms with van der Waals surface area (Å²) in [5.74, 6) is -0.395. The monoisotopic (exact) mass is 304 g/mol. The van der Waals surface area contributed by atoms with E-state index >= 15 is 0 Å². The van der Waals surface area contributed by atoms with Gasteiger partial charge in [0, 0.05) is 17.8 Å². The first kappa shape index (κ1) is 16.5. The molecule has 0 radical (unpaired) electrons. The molecule has 0 heterocycles. The average Bonchev–Trinajstić information content (AvgIpc) is 2.92. The summed E-state index contributed by atoms with van der Waals surface area (Å²) < 4.78 is 0. The number of amides is 2. The lowest BCUT2D eigenvalue weighted by Crippen LogP contribution is -2.40. The van der Waals surface area contributed by atoms with Gasteiger partial charge < -0.3 is 15.7 Å². The molecule has 1 aliphatic rings. The van der Waals surface area contributed by atoms with E-state index in [0.717, 1.165) is 24.8 Å². The number of benzene rings is 1. The Labute approximate surface area is 131 Å². The zero-order valence-corrected chi connectivity index (χ0v) is 13.2. The maximum atomic E-state index is 12.3. The molecule has 1 saturated carbocycles. The van der Waals surface area contributed by atoms with Gasteiger partial charge in [-0.25, -0.2) is 0 Å². The van der Waals surface area contributed by atoms with Gasteiger partial charge in [0.2, 0.25) is 5.91 Å². The van der Waals surface area contributed by atoms with E-state index in [1.165, 1.54) is 0 Å². The fraction of sp³-hybridized carbons (Fsp3) is 0.529. The van der Waals surface area contributed by atoms with Crippen LogP contribution in [0.1, 0.15) is 51.0 Å². The first-order valence-corrected chi connectivity index (χ1v) is 7.89. The van der Waals surface area contributed by atoms with Gasteiger partial charge in [-0.15, -0.1) is 0 Å². The Bertz CT molecular complexity index is 563. The fourth-order valence-corrected chi connectivity index (χ4v) is 2.77. The maximum absolute atomic E-state index is 12.3. The average molecular weight is 304 g/mol. The number of hydrogen-bond acceptors (Lipinski definition) is 3. The Hall–Kier alpha value is -1.88. The molecule has 0 saturated heterocycles. The van der Waals surface area contributed by atoms with Crippen LogP contribution in [0.15, 0.2) is 18.2 Å². The van der Waals surface area contributed by atoms with E-state index in [1.54, 1.807) is 12.1 Å². The van der Waals surface area contributed by atoms with E-state index in [-0.39, 0.29) is 11.8 Å². The van der Waals surface area contributed by atoms with Crippen molar-refractivity contribution in [2.75, 3.05) is 10.6 Å². The first-order chi connectivity index (χ1) is 10.5. The molecule has 120 valence electrons. The summed E-state index contributed by atoms with van der Waals surface area (Å²) in [6.45, 7) is 3.79. The quantitative estimate of drug-likeness (QED) is 0.782. The molecule has 2 amide bonds. The Kier molecular flexibility index (Phi) is 5.19. The summed E-state index contributed by atoms with van der Waals surface area (Å²) in [5, 5.41) is 16.0. The van der Waals surface area contributed by atoms with E-state index in [1.807, 2.05) is 19.9 Å². The smallest absolute Gasteiger partial charge is 0.256 e. The lowest BCUT2D eigenvalue weighted by Gasteiger charge is -2.22. The summed E-state index contributed by atoms with van der Waals surface area (Å²) in [7, 11) is 0. The molecule has 3 N–H and O–H groups in total. The minimum absolute atomic E-state index is 0.0384. The molecule has 5 nitrogen and oxygen atoms in total. The van der Waals surface area contributed by atoms with Crippen LogP contribution in [0, 0.1) is 6.92 Å². The van der Waals surface area contributed by atoms with Crippen molar-refractivity contribution in [3.8, 4) is 0 Å². The zero-order chi connectivity index (χ0) is 16.2. The van der Waals surface area contributed by atoms with E-state index in [9.17, 15) is 14.7 Å². The number of carbonyl (C=O) groups excluding carboxylic acids is 2. The minimum Gasteiger partial charge on any atom is -0.380 e. The van der Waals surface area contributed by atoms with Gasteiger partial charge in [0.15, 0.2) is 0 Å². The molecule has 0 spiro atoms. The highest BCUT2D eigenvalue weighted by atomic mass is 16.3. The largest absolute Gasteiger partial charge is 0.380 e. The number of anilines is 2. The van der Waals surface area contributed by atoms with E-state index in [4.69, 9.17) is 0 Å². The number of aliphatic hydroxyl groups is 1. The third-order valence-electron chi connectivity index (χ3n) is 4.19. The molecular formula is C17H24N2O3. The van der Waals surface area contributed by atoms with Gasteiger partial charge in [-0.3, -0.25) is 9.59 Å². The van der Waals surface area contributed by atoms with Crippen molar-refractivity contribution in [2.45, 2.75) is 58.0 Å². The Morgan fingerprint density at radius 1 is 1.18 bits per heavy atom. The molecule has 22 heavy (non-hydrogen) atoms. The predicted molar refractivity (Wildman–Crippen MR) is 86.8 cm³/mol. The van der Waals surface area contributed by atoms with Crippen LogP contribution in [-0.2, 0) is 9.59 Å². The van der Waals surface area contributed by atoms with Crippen molar-refractivity contribution in [3.05, 3.63) is 23.8 Å². The van der Waals surface area contributed by atoms with Crippen LogP contribution < -0.4 is 10.6 Å². The molecule has 1 aromatic carbocycles. The van der Waals surface area contributed by atoms with Crippen molar-refractivity contribution in [2.24, 2.45) is 0 Å². The van der Waals surface area contributed by atoms with Crippen LogP contribution in [0.25, 0.3) is 0 Å². The fourth-order valence-electron chi connectivity index (χ4n) is 2.77. The molecule has 1 fully saturated rings. The van der Waals surface area contributed by atoms with Gasteiger partial charge in [0.05, 0.1) is 0 Å². The van der Waals surface area contributed by atoms with Crippen molar-refractivity contribution < 1.29 is 14.7 Å². The van der Waals surface area contributed by atoms with Crippen LogP contribution >= 0.6 is 0 Å². The third-order valence-corrected chi connectivity index (χ3v) is 4.19. The van der Waals surface area contributed by atoms with Gasteiger partial charge in [0.1, 0.15) is 5.60 Å². The highest BCUT2D eigenvalue weighted by Gasteiger charge is 2.38. The summed E-state index contributed by atoms with van der Waals surface area (Å²) in [6.07, 6.45) is 4.01. The molecule has 0 aliphatic heterocycles. The highest BCUT2D eigenvalue weighted by Crippen LogP contribution is 2.32. The SMILES string of the molecule is CCCC(=O)Nc1cccc(NC(=O)C2(O)CCCC2)c1C. The summed E-state index contributed by atoms with van der Waals surface area (Å²) in [4.78, 5) is 24.0. The predicted octanol–water partition coefficient (Wildman–Crippen LogP) is 2.98. The number of carbonyl (C=O) groups is 2. The second-order valence-electron chi connectivity index (χ2n) is 5.97. The van der Waals surface area contributed by atoms with Crippen molar-refractivity contribution in [1.82, 2.24) is 0 Å². The van der Waals surface area contributed by atoms with E-state index in [0.29, 0.717) is 30.6 Å². The van der Waals surface area contributed by atoms with Gasteiger partial charge >= 0.3 is 0 Å². The first-order valence-electron chi connectivity index (χ1n) is 7.89. The van der Waals surface area contributed by atoms with Crippen LogP contribution in [0.3, 0.4) is 0 Å². The summed E-state index contributed by atoms with van der Waals surface area (Å²) >= 11 is 0. The van der Waals surface area contributed by atoms with Crippen LogP contribution in [0.2, 0.25) is 0 Å². The molecule has 5 heteroatoms. The van der Waals surface area contributed by atoms with Crippen molar-refractivity contribution >= 4 is 23.2 Å². The van der Waals surface area contributed by atoms with Crippen molar-refractivity contribution in [3.63, 3.8) is 0 Å². The van der Waals surface area contributed by atoms with Crippen molar-refractivity contribution in [1.29, 1.82) is 0 Å². The van der Waals surface area contributed by atoms with Crippen LogP contribution in [-0.4, -0.2) is 22.5 Å².